The molecule has 1 aromatic carbocycles. The minimum atomic E-state index is -0.917. The maximum absolute atomic E-state index is 11.6. The second kappa shape index (κ2) is 5.30. The van der Waals surface area contributed by atoms with Crippen LogP contribution in [-0.2, 0) is 4.79 Å². The van der Waals surface area contributed by atoms with Gasteiger partial charge < -0.3 is 15.7 Å². The van der Waals surface area contributed by atoms with E-state index in [0.29, 0.717) is 5.92 Å². The van der Waals surface area contributed by atoms with Gasteiger partial charge in [0.15, 0.2) is 0 Å². The molecule has 2 rings (SSSR count). The summed E-state index contributed by atoms with van der Waals surface area (Å²) in [7, 11) is 0. The van der Waals surface area contributed by atoms with Gasteiger partial charge in [-0.05, 0) is 18.9 Å². The van der Waals surface area contributed by atoms with Crippen LogP contribution in [0.1, 0.15) is 31.2 Å². The average Bonchev–Trinajstić information content (AvgIpc) is 3.01. The van der Waals surface area contributed by atoms with Crippen molar-refractivity contribution in [2.75, 3.05) is 6.54 Å². The van der Waals surface area contributed by atoms with Crippen molar-refractivity contribution < 1.29 is 14.7 Å². The first-order chi connectivity index (χ1) is 9.01. The molecule has 19 heavy (non-hydrogen) atoms. The maximum Gasteiger partial charge on any atom is 0.315 e. The number of carbonyl (C=O) groups excluding carboxylic acids is 1. The number of hydrogen-bond donors (Lipinski definition) is 3. The largest absolute Gasteiger partial charge is 0.481 e. The number of nitrogens with one attached hydrogen (secondary N) is 2. The molecule has 1 aromatic rings. The van der Waals surface area contributed by atoms with E-state index in [9.17, 15) is 9.59 Å². The normalized spacial score (nSPS) is 24.6. The molecule has 2 atom stereocenters. The van der Waals surface area contributed by atoms with Gasteiger partial charge in [-0.3, -0.25) is 4.79 Å². The minimum absolute atomic E-state index is 0.0632. The van der Waals surface area contributed by atoms with Crippen LogP contribution in [0.5, 0.6) is 0 Å². The Morgan fingerprint density at radius 2 is 2.05 bits per heavy atom. The highest BCUT2D eigenvalue weighted by Gasteiger charge is 2.51. The van der Waals surface area contributed by atoms with Gasteiger partial charge >= 0.3 is 12.0 Å². The lowest BCUT2D eigenvalue weighted by Gasteiger charge is -2.15. The molecule has 0 heterocycles. The van der Waals surface area contributed by atoms with Crippen LogP contribution in [0.2, 0.25) is 0 Å². The molecule has 3 N–H and O–H groups in total. The predicted octanol–water partition coefficient (Wildman–Crippen LogP) is 1.71. The van der Waals surface area contributed by atoms with Gasteiger partial charge in [0.1, 0.15) is 0 Å². The van der Waals surface area contributed by atoms with E-state index in [1.54, 1.807) is 0 Å². The molecule has 2 amide bonds. The van der Waals surface area contributed by atoms with Gasteiger partial charge in [-0.25, -0.2) is 4.79 Å². The van der Waals surface area contributed by atoms with Crippen LogP contribution < -0.4 is 10.6 Å². The molecule has 0 bridgehead atoms. The molecule has 102 valence electrons. The zero-order valence-electron chi connectivity index (χ0n) is 10.8. The van der Waals surface area contributed by atoms with Gasteiger partial charge in [0.2, 0.25) is 0 Å². The van der Waals surface area contributed by atoms with Gasteiger partial charge in [-0.2, -0.15) is 0 Å². The number of amides is 2. The summed E-state index contributed by atoms with van der Waals surface area (Å²) in [4.78, 5) is 22.0. The van der Waals surface area contributed by atoms with Gasteiger partial charge in [-0.15, -0.1) is 0 Å². The number of rotatable bonds is 5. The first kappa shape index (κ1) is 13.4. The highest BCUT2D eigenvalue weighted by molar-refractivity contribution is 5.76. The van der Waals surface area contributed by atoms with E-state index in [2.05, 4.69) is 22.8 Å². The van der Waals surface area contributed by atoms with Crippen LogP contribution in [0.4, 0.5) is 4.79 Å². The van der Waals surface area contributed by atoms with Crippen molar-refractivity contribution in [2.24, 2.45) is 0 Å². The average molecular weight is 262 g/mol. The van der Waals surface area contributed by atoms with Crippen molar-refractivity contribution >= 4 is 12.0 Å². The molecule has 0 radical (unpaired) electrons. The second-order valence-electron chi connectivity index (χ2n) is 5.11. The minimum Gasteiger partial charge on any atom is -0.481 e. The number of urea groups is 1. The number of hydrogen-bond acceptors (Lipinski definition) is 2. The molecule has 5 nitrogen and oxygen atoms in total. The number of carbonyl (C=O) groups is 2. The smallest absolute Gasteiger partial charge is 0.315 e. The number of carboxylic acids is 1. The Morgan fingerprint density at radius 3 is 2.68 bits per heavy atom. The van der Waals surface area contributed by atoms with Crippen molar-refractivity contribution in [3.8, 4) is 0 Å². The van der Waals surface area contributed by atoms with Gasteiger partial charge in [0, 0.05) is 18.0 Å². The summed E-state index contributed by atoms with van der Waals surface area (Å²) < 4.78 is 0. The highest BCUT2D eigenvalue weighted by Crippen LogP contribution is 2.50. The van der Waals surface area contributed by atoms with Gasteiger partial charge in [-0.1, -0.05) is 30.3 Å². The monoisotopic (exact) mass is 262 g/mol. The fourth-order valence-electron chi connectivity index (χ4n) is 2.26. The van der Waals surface area contributed by atoms with Crippen LogP contribution >= 0.6 is 0 Å². The summed E-state index contributed by atoms with van der Waals surface area (Å²) in [5.41, 5.74) is 0.991. The van der Waals surface area contributed by atoms with Crippen molar-refractivity contribution in [3.63, 3.8) is 0 Å². The third-order valence-corrected chi connectivity index (χ3v) is 3.46. The Labute approximate surface area is 112 Å². The maximum atomic E-state index is 11.6. The molecule has 5 heteroatoms. The van der Waals surface area contributed by atoms with Crippen molar-refractivity contribution in [1.29, 1.82) is 0 Å². The molecule has 0 saturated heterocycles. The SMILES string of the molecule is C[C@@]1(NC(=O)NCCC(=O)O)C[C@H]1c1ccccc1. The fraction of sp³-hybridized carbons (Fsp3) is 0.429. The first-order valence-corrected chi connectivity index (χ1v) is 6.34. The predicted molar refractivity (Wildman–Crippen MR) is 71.0 cm³/mol. The Kier molecular flexibility index (Phi) is 3.74. The molecule has 1 saturated carbocycles. The fourth-order valence-corrected chi connectivity index (χ4v) is 2.26. The van der Waals surface area contributed by atoms with Crippen LogP contribution in [0.15, 0.2) is 30.3 Å². The van der Waals surface area contributed by atoms with Gasteiger partial charge in [0.25, 0.3) is 0 Å². The Balaban J connectivity index is 1.81. The Hall–Kier alpha value is -2.04. The van der Waals surface area contributed by atoms with E-state index in [1.807, 2.05) is 25.1 Å². The summed E-state index contributed by atoms with van der Waals surface area (Å²) in [5.74, 6) is -0.584. The van der Waals surface area contributed by atoms with Crippen molar-refractivity contribution in [3.05, 3.63) is 35.9 Å². The molecule has 1 aliphatic carbocycles. The first-order valence-electron chi connectivity index (χ1n) is 6.34. The summed E-state index contributed by atoms with van der Waals surface area (Å²) in [6, 6.07) is 9.75. The van der Waals surface area contributed by atoms with Crippen molar-refractivity contribution in [1.82, 2.24) is 10.6 Å². The second-order valence-corrected chi connectivity index (χ2v) is 5.11. The topological polar surface area (TPSA) is 78.4 Å². The highest BCUT2D eigenvalue weighted by atomic mass is 16.4. The lowest BCUT2D eigenvalue weighted by Crippen LogP contribution is -2.43. The zero-order valence-corrected chi connectivity index (χ0v) is 10.8. The molecule has 0 aliphatic heterocycles. The lowest BCUT2D eigenvalue weighted by molar-refractivity contribution is -0.136. The van der Waals surface area contributed by atoms with E-state index in [-0.39, 0.29) is 24.5 Å². The van der Waals surface area contributed by atoms with Crippen LogP contribution in [0.3, 0.4) is 0 Å². The molecule has 0 unspecified atom stereocenters. The number of carboxylic acid groups (broad SMARTS) is 1. The molecule has 0 spiro atoms. The standard InChI is InChI=1S/C14H18N2O3/c1-14(16-13(19)15-8-7-12(17)18)9-11(14)10-5-3-2-4-6-10/h2-6,11H,7-9H2,1H3,(H,17,18)(H2,15,16,19)/t11-,14+/m0/s1. The van der Waals surface area contributed by atoms with E-state index in [1.165, 1.54) is 5.56 Å². The van der Waals surface area contributed by atoms with E-state index >= 15 is 0 Å². The quantitative estimate of drug-likeness (QED) is 0.755. The third kappa shape index (κ3) is 3.47. The Bertz CT molecular complexity index is 475. The van der Waals surface area contributed by atoms with E-state index in [0.717, 1.165) is 6.42 Å². The Morgan fingerprint density at radius 1 is 1.37 bits per heavy atom. The summed E-state index contributed by atoms with van der Waals surface area (Å²) >= 11 is 0. The molecule has 1 fully saturated rings. The van der Waals surface area contributed by atoms with Crippen LogP contribution in [-0.4, -0.2) is 29.2 Å². The molecular formula is C14H18N2O3. The summed E-state index contributed by atoms with van der Waals surface area (Å²) in [6.07, 6.45) is 0.843. The van der Waals surface area contributed by atoms with Crippen LogP contribution in [0.25, 0.3) is 0 Å². The summed E-state index contributed by atoms with van der Waals surface area (Å²) in [5, 5.41) is 14.0. The third-order valence-electron chi connectivity index (χ3n) is 3.46. The van der Waals surface area contributed by atoms with E-state index < -0.39 is 5.97 Å². The lowest BCUT2D eigenvalue weighted by atomic mass is 10.1. The molecular weight excluding hydrogens is 244 g/mol. The van der Waals surface area contributed by atoms with Gasteiger partial charge in [0.05, 0.1) is 6.42 Å². The van der Waals surface area contributed by atoms with Crippen LogP contribution in [0, 0.1) is 0 Å². The number of aliphatic carboxylic acids is 1. The summed E-state index contributed by atoms with van der Waals surface area (Å²) in [6.45, 7) is 2.15. The van der Waals surface area contributed by atoms with Crippen molar-refractivity contribution in [2.45, 2.75) is 31.2 Å². The zero-order chi connectivity index (χ0) is 13.9. The molecule has 1 aliphatic rings. The number of benzene rings is 1. The molecule has 0 aromatic heterocycles. The van der Waals surface area contributed by atoms with E-state index in [4.69, 9.17) is 5.11 Å².